The van der Waals surface area contributed by atoms with Crippen LogP contribution in [-0.2, 0) is 21.2 Å². The molecule has 1 rings (SSSR count). The van der Waals surface area contributed by atoms with Crippen LogP contribution >= 0.6 is 0 Å². The molecule has 0 saturated heterocycles. The number of hydrogen-bond acceptors (Lipinski definition) is 4. The Hall–Kier alpha value is -1.40. The highest BCUT2D eigenvalue weighted by atomic mass is 32.2. The van der Waals surface area contributed by atoms with E-state index in [2.05, 4.69) is 10.6 Å². The first kappa shape index (κ1) is 15.7. The SMILES string of the molecule is CC(=O)Nc1ccccc1CNCCCS(C)(=O)=O. The Morgan fingerprint density at radius 2 is 1.95 bits per heavy atom. The third-order valence-corrected chi connectivity index (χ3v) is 3.54. The van der Waals surface area contributed by atoms with Crippen LogP contribution in [0.1, 0.15) is 18.9 Å². The van der Waals surface area contributed by atoms with Crippen molar-refractivity contribution in [2.45, 2.75) is 19.9 Å². The maximum atomic E-state index is 11.1. The van der Waals surface area contributed by atoms with Crippen molar-refractivity contribution in [2.75, 3.05) is 23.9 Å². The van der Waals surface area contributed by atoms with Crippen LogP contribution in [0.3, 0.4) is 0 Å². The number of amides is 1. The quantitative estimate of drug-likeness (QED) is 0.737. The van der Waals surface area contributed by atoms with Crippen LogP contribution in [0, 0.1) is 0 Å². The van der Waals surface area contributed by atoms with Crippen molar-refractivity contribution in [2.24, 2.45) is 0 Å². The summed E-state index contributed by atoms with van der Waals surface area (Å²) in [6.45, 7) is 2.69. The molecule has 0 aliphatic carbocycles. The Morgan fingerprint density at radius 1 is 1.26 bits per heavy atom. The second kappa shape index (κ2) is 7.25. The van der Waals surface area contributed by atoms with Crippen LogP contribution in [0.4, 0.5) is 5.69 Å². The Kier molecular flexibility index (Phi) is 5.98. The molecule has 0 radical (unpaired) electrons. The van der Waals surface area contributed by atoms with Gasteiger partial charge in [-0.15, -0.1) is 0 Å². The van der Waals surface area contributed by atoms with E-state index in [1.165, 1.54) is 13.2 Å². The molecule has 19 heavy (non-hydrogen) atoms. The summed E-state index contributed by atoms with van der Waals surface area (Å²) in [5.74, 6) is 0.0809. The summed E-state index contributed by atoms with van der Waals surface area (Å²) in [5, 5.41) is 5.94. The molecule has 0 atom stereocenters. The lowest BCUT2D eigenvalue weighted by Gasteiger charge is -2.10. The molecule has 0 unspecified atom stereocenters. The number of anilines is 1. The number of sulfone groups is 1. The second-order valence-corrected chi connectivity index (χ2v) is 6.76. The number of carbonyl (C=O) groups excluding carboxylic acids is 1. The lowest BCUT2D eigenvalue weighted by Crippen LogP contribution is -2.19. The lowest BCUT2D eigenvalue weighted by atomic mass is 10.1. The molecule has 1 amide bonds. The van der Waals surface area contributed by atoms with E-state index in [4.69, 9.17) is 0 Å². The molecule has 0 aliphatic heterocycles. The average molecular weight is 284 g/mol. The molecule has 0 spiro atoms. The fourth-order valence-electron chi connectivity index (χ4n) is 1.67. The highest BCUT2D eigenvalue weighted by Gasteiger charge is 2.04. The summed E-state index contributed by atoms with van der Waals surface area (Å²) in [6, 6.07) is 7.53. The monoisotopic (exact) mass is 284 g/mol. The Morgan fingerprint density at radius 3 is 2.58 bits per heavy atom. The molecule has 106 valence electrons. The molecule has 0 fully saturated rings. The highest BCUT2D eigenvalue weighted by molar-refractivity contribution is 7.90. The summed E-state index contributed by atoms with van der Waals surface area (Å²) in [4.78, 5) is 11.1. The Bertz CT molecular complexity index is 526. The molecule has 0 aliphatic rings. The van der Waals surface area contributed by atoms with Gasteiger partial charge in [-0.1, -0.05) is 18.2 Å². The van der Waals surface area contributed by atoms with E-state index in [1.807, 2.05) is 24.3 Å². The van der Waals surface area contributed by atoms with Gasteiger partial charge in [0.1, 0.15) is 9.84 Å². The zero-order valence-electron chi connectivity index (χ0n) is 11.3. The van der Waals surface area contributed by atoms with Gasteiger partial charge in [-0.25, -0.2) is 8.42 Å². The molecule has 1 aromatic rings. The summed E-state index contributed by atoms with van der Waals surface area (Å²) >= 11 is 0. The third kappa shape index (κ3) is 6.93. The molecule has 0 heterocycles. The van der Waals surface area contributed by atoms with Crippen molar-refractivity contribution in [3.05, 3.63) is 29.8 Å². The number of benzene rings is 1. The van der Waals surface area contributed by atoms with E-state index in [0.717, 1.165) is 11.3 Å². The van der Waals surface area contributed by atoms with Gasteiger partial charge in [0.15, 0.2) is 0 Å². The summed E-state index contributed by atoms with van der Waals surface area (Å²) in [7, 11) is -2.89. The van der Waals surface area contributed by atoms with Gasteiger partial charge in [-0.3, -0.25) is 4.79 Å². The number of nitrogens with one attached hydrogen (secondary N) is 2. The maximum Gasteiger partial charge on any atom is 0.221 e. The van der Waals surface area contributed by atoms with Crippen LogP contribution in [0.5, 0.6) is 0 Å². The first-order valence-electron chi connectivity index (χ1n) is 6.12. The standard InChI is InChI=1S/C13H20N2O3S/c1-11(16)15-13-7-4-3-6-12(13)10-14-8-5-9-19(2,17)18/h3-4,6-7,14H,5,8-10H2,1-2H3,(H,15,16). The van der Waals surface area contributed by atoms with E-state index >= 15 is 0 Å². The van der Waals surface area contributed by atoms with Gasteiger partial charge in [0, 0.05) is 25.4 Å². The number of carbonyl (C=O) groups is 1. The van der Waals surface area contributed by atoms with E-state index in [9.17, 15) is 13.2 Å². The minimum atomic E-state index is -2.89. The fraction of sp³-hybridized carbons (Fsp3) is 0.462. The molecule has 0 aromatic heterocycles. The number of para-hydroxylation sites is 1. The Labute approximate surface area is 114 Å². The van der Waals surface area contributed by atoms with Gasteiger partial charge in [0.25, 0.3) is 0 Å². The zero-order valence-corrected chi connectivity index (χ0v) is 12.1. The predicted octanol–water partition coefficient (Wildman–Crippen LogP) is 1.17. The van der Waals surface area contributed by atoms with Gasteiger partial charge in [-0.2, -0.15) is 0 Å². The zero-order chi connectivity index (χ0) is 14.3. The van der Waals surface area contributed by atoms with Crippen LogP contribution in [0.15, 0.2) is 24.3 Å². The number of rotatable bonds is 7. The van der Waals surface area contributed by atoms with Gasteiger partial charge >= 0.3 is 0 Å². The number of hydrogen-bond donors (Lipinski definition) is 2. The van der Waals surface area contributed by atoms with E-state index in [-0.39, 0.29) is 11.7 Å². The largest absolute Gasteiger partial charge is 0.326 e. The first-order chi connectivity index (χ1) is 8.88. The molecular weight excluding hydrogens is 264 g/mol. The normalized spacial score (nSPS) is 11.3. The predicted molar refractivity (Wildman–Crippen MR) is 76.8 cm³/mol. The highest BCUT2D eigenvalue weighted by Crippen LogP contribution is 2.14. The van der Waals surface area contributed by atoms with Crippen molar-refractivity contribution < 1.29 is 13.2 Å². The van der Waals surface area contributed by atoms with Crippen molar-refractivity contribution in [3.8, 4) is 0 Å². The molecule has 0 bridgehead atoms. The summed E-state index contributed by atoms with van der Waals surface area (Å²) < 4.78 is 21.9. The third-order valence-electron chi connectivity index (χ3n) is 2.51. The van der Waals surface area contributed by atoms with Crippen LogP contribution in [-0.4, -0.2) is 32.9 Å². The van der Waals surface area contributed by atoms with Gasteiger partial charge in [-0.05, 0) is 24.6 Å². The average Bonchev–Trinajstić information content (AvgIpc) is 2.28. The molecule has 1 aromatic carbocycles. The minimum absolute atomic E-state index is 0.107. The molecule has 6 heteroatoms. The van der Waals surface area contributed by atoms with Crippen molar-refractivity contribution in [3.63, 3.8) is 0 Å². The second-order valence-electron chi connectivity index (χ2n) is 4.50. The van der Waals surface area contributed by atoms with Gasteiger partial charge < -0.3 is 10.6 Å². The summed E-state index contributed by atoms with van der Waals surface area (Å²) in [5.41, 5.74) is 1.77. The van der Waals surface area contributed by atoms with Crippen molar-refractivity contribution in [1.82, 2.24) is 5.32 Å². The van der Waals surface area contributed by atoms with Crippen LogP contribution in [0.2, 0.25) is 0 Å². The van der Waals surface area contributed by atoms with E-state index < -0.39 is 9.84 Å². The van der Waals surface area contributed by atoms with E-state index in [1.54, 1.807) is 0 Å². The molecule has 0 saturated carbocycles. The minimum Gasteiger partial charge on any atom is -0.326 e. The lowest BCUT2D eigenvalue weighted by molar-refractivity contribution is -0.114. The molecule has 5 nitrogen and oxygen atoms in total. The summed E-state index contributed by atoms with van der Waals surface area (Å²) in [6.07, 6.45) is 1.82. The first-order valence-corrected chi connectivity index (χ1v) is 8.18. The molecule has 2 N–H and O–H groups in total. The fourth-order valence-corrected chi connectivity index (χ4v) is 2.34. The van der Waals surface area contributed by atoms with Gasteiger partial charge in [0.2, 0.25) is 5.91 Å². The van der Waals surface area contributed by atoms with Crippen LogP contribution < -0.4 is 10.6 Å². The Balaban J connectivity index is 2.43. The van der Waals surface area contributed by atoms with E-state index in [0.29, 0.717) is 19.5 Å². The van der Waals surface area contributed by atoms with Gasteiger partial charge in [0.05, 0.1) is 5.75 Å². The van der Waals surface area contributed by atoms with Crippen LogP contribution in [0.25, 0.3) is 0 Å². The van der Waals surface area contributed by atoms with Crippen molar-refractivity contribution >= 4 is 21.4 Å². The molecular formula is C13H20N2O3S. The van der Waals surface area contributed by atoms with Crippen molar-refractivity contribution in [1.29, 1.82) is 0 Å². The smallest absolute Gasteiger partial charge is 0.221 e. The topological polar surface area (TPSA) is 75.3 Å². The maximum absolute atomic E-state index is 11.1.